The van der Waals surface area contributed by atoms with E-state index in [0.29, 0.717) is 19.0 Å². The van der Waals surface area contributed by atoms with Gasteiger partial charge in [-0.05, 0) is 43.5 Å². The average molecular weight is 474 g/mol. The van der Waals surface area contributed by atoms with Crippen LogP contribution in [0.3, 0.4) is 0 Å². The van der Waals surface area contributed by atoms with Crippen molar-refractivity contribution < 1.29 is 4.74 Å². The lowest BCUT2D eigenvalue weighted by molar-refractivity contribution is 0.167. The molecule has 0 aliphatic heterocycles. The third-order valence-electron chi connectivity index (χ3n) is 4.45. The summed E-state index contributed by atoms with van der Waals surface area (Å²) >= 11 is 3.66. The van der Waals surface area contributed by atoms with E-state index >= 15 is 0 Å². The van der Waals surface area contributed by atoms with Crippen LogP contribution in [0, 0.1) is 0 Å². The van der Waals surface area contributed by atoms with Crippen molar-refractivity contribution in [2.24, 2.45) is 16.7 Å². The topological polar surface area (TPSA) is 88.9 Å². The number of allylic oxidation sites excluding steroid dienone is 1. The zero-order valence-corrected chi connectivity index (χ0v) is 19.5. The summed E-state index contributed by atoms with van der Waals surface area (Å²) in [5.74, 6) is 13.6. The Hall–Kier alpha value is -2.35. The molecule has 5 N–H and O–H groups in total. The molecule has 2 rings (SSSR count). The fourth-order valence-electron chi connectivity index (χ4n) is 3.04. The zero-order chi connectivity index (χ0) is 21.9. The quantitative estimate of drug-likeness (QED) is 0.160. The summed E-state index contributed by atoms with van der Waals surface area (Å²) in [4.78, 5) is 4.52. The van der Waals surface area contributed by atoms with Gasteiger partial charge in [-0.3, -0.25) is 10.4 Å². The van der Waals surface area contributed by atoms with Crippen molar-refractivity contribution in [3.63, 3.8) is 0 Å². The Labute approximate surface area is 188 Å². The van der Waals surface area contributed by atoms with Crippen LogP contribution in [-0.4, -0.2) is 17.0 Å². The van der Waals surface area contributed by atoms with Crippen molar-refractivity contribution in [3.8, 4) is 0 Å². The van der Waals surface area contributed by atoms with Crippen molar-refractivity contribution in [1.29, 1.82) is 0 Å². The van der Waals surface area contributed by atoms with Gasteiger partial charge in [-0.1, -0.05) is 71.4 Å². The van der Waals surface area contributed by atoms with Gasteiger partial charge < -0.3 is 4.74 Å². The first-order valence-corrected chi connectivity index (χ1v) is 10.9. The maximum Gasteiger partial charge on any atom is 0.223 e. The van der Waals surface area contributed by atoms with Gasteiger partial charge in [0.2, 0.25) is 5.96 Å². The zero-order valence-electron chi connectivity index (χ0n) is 17.9. The molecule has 2 aromatic carbocycles. The van der Waals surface area contributed by atoms with Crippen LogP contribution in [0.15, 0.2) is 75.9 Å². The highest BCUT2D eigenvalue weighted by Crippen LogP contribution is 2.32. The molecule has 0 aromatic heterocycles. The Kier molecular flexibility index (Phi) is 9.86. The number of nitrogens with zero attached hydrogens (tertiary/aromatic N) is 2. The van der Waals surface area contributed by atoms with Crippen LogP contribution >= 0.6 is 15.9 Å². The van der Waals surface area contributed by atoms with E-state index in [1.54, 1.807) is 5.01 Å². The summed E-state index contributed by atoms with van der Waals surface area (Å²) in [6.45, 7) is 6.54. The molecule has 1 atom stereocenters. The van der Waals surface area contributed by atoms with Gasteiger partial charge >= 0.3 is 0 Å². The van der Waals surface area contributed by atoms with Crippen LogP contribution in [0.4, 0.5) is 0 Å². The maximum absolute atomic E-state index is 6.53. The number of guanidine groups is 1. The van der Waals surface area contributed by atoms with E-state index in [2.05, 4.69) is 51.5 Å². The van der Waals surface area contributed by atoms with Crippen LogP contribution in [0.5, 0.6) is 0 Å². The molecule has 0 saturated carbocycles. The van der Waals surface area contributed by atoms with Gasteiger partial charge in [-0.25, -0.2) is 16.7 Å². The highest BCUT2D eigenvalue weighted by molar-refractivity contribution is 9.10. The second-order valence-electron chi connectivity index (χ2n) is 7.19. The van der Waals surface area contributed by atoms with E-state index < -0.39 is 0 Å². The second kappa shape index (κ2) is 12.4. The number of benzene rings is 2. The number of nitrogens with two attached hydrogens (primary N) is 2. The first kappa shape index (κ1) is 23.9. The third-order valence-corrected chi connectivity index (χ3v) is 5.17. The molecule has 7 heteroatoms. The largest absolute Gasteiger partial charge is 0.493 e. The summed E-state index contributed by atoms with van der Waals surface area (Å²) in [6, 6.07) is 17.9. The lowest BCUT2D eigenvalue weighted by Crippen LogP contribution is -2.50. The number of aliphatic imine (C=N–C) groups is 1. The van der Waals surface area contributed by atoms with Crippen LogP contribution in [0.1, 0.15) is 50.8 Å². The molecule has 0 radical (unpaired) electrons. The lowest BCUT2D eigenvalue weighted by atomic mass is 10.0. The van der Waals surface area contributed by atoms with Crippen molar-refractivity contribution in [2.75, 3.05) is 0 Å². The highest BCUT2D eigenvalue weighted by atomic mass is 79.9. The Morgan fingerprint density at radius 1 is 1.17 bits per heavy atom. The normalized spacial score (nSPS) is 13.3. The number of rotatable bonds is 9. The molecule has 0 fully saturated rings. The van der Waals surface area contributed by atoms with Crippen LogP contribution in [-0.2, 0) is 11.3 Å². The van der Waals surface area contributed by atoms with Gasteiger partial charge in [0.05, 0.1) is 11.8 Å². The van der Waals surface area contributed by atoms with E-state index in [4.69, 9.17) is 16.4 Å². The molecular formula is C23H32BrN5O. The Bertz CT molecular complexity index is 838. The number of hydrogen-bond donors (Lipinski definition) is 3. The monoisotopic (exact) mass is 473 g/mol. The average Bonchev–Trinajstić information content (AvgIpc) is 2.74. The molecule has 0 spiro atoms. The van der Waals surface area contributed by atoms with Crippen molar-refractivity contribution in [1.82, 2.24) is 10.4 Å². The fraction of sp³-hybridized carbons (Fsp3) is 0.348. The summed E-state index contributed by atoms with van der Waals surface area (Å²) in [7, 11) is 0. The van der Waals surface area contributed by atoms with E-state index in [1.807, 2.05) is 56.3 Å². The Morgan fingerprint density at radius 2 is 1.83 bits per heavy atom. The number of hydrazine groups is 2. The Morgan fingerprint density at radius 3 is 2.43 bits per heavy atom. The molecule has 2 aromatic rings. The smallest absolute Gasteiger partial charge is 0.223 e. The van der Waals surface area contributed by atoms with E-state index in [-0.39, 0.29) is 12.1 Å². The van der Waals surface area contributed by atoms with Crippen LogP contribution in [0.2, 0.25) is 0 Å². The van der Waals surface area contributed by atoms with Gasteiger partial charge in [0.1, 0.15) is 6.61 Å². The molecule has 0 amide bonds. The van der Waals surface area contributed by atoms with Gasteiger partial charge in [0.15, 0.2) is 0 Å². The SMILES string of the molecule is CC/C=C(\CC(c1ccccc1Br)N(N)C(=NC(C)C)NN)OCc1ccccc1. The van der Waals surface area contributed by atoms with Gasteiger partial charge in [-0.2, -0.15) is 0 Å². The fourth-order valence-corrected chi connectivity index (χ4v) is 3.59. The summed E-state index contributed by atoms with van der Waals surface area (Å²) in [5, 5.41) is 1.58. The molecule has 1 unspecified atom stereocenters. The summed E-state index contributed by atoms with van der Waals surface area (Å²) < 4.78 is 7.14. The minimum absolute atomic E-state index is 0.0435. The van der Waals surface area contributed by atoms with E-state index in [9.17, 15) is 0 Å². The predicted octanol–water partition coefficient (Wildman–Crippen LogP) is 4.79. The Balaban J connectivity index is 2.32. The van der Waals surface area contributed by atoms with Crippen molar-refractivity contribution >= 4 is 21.9 Å². The van der Waals surface area contributed by atoms with Gasteiger partial charge in [0.25, 0.3) is 0 Å². The highest BCUT2D eigenvalue weighted by Gasteiger charge is 2.25. The molecule has 0 bridgehead atoms. The van der Waals surface area contributed by atoms with Crippen molar-refractivity contribution in [3.05, 3.63) is 82.0 Å². The molecule has 6 nitrogen and oxygen atoms in total. The summed E-state index contributed by atoms with van der Waals surface area (Å²) in [6.07, 6.45) is 3.52. The lowest BCUT2D eigenvalue weighted by Gasteiger charge is -2.31. The first-order chi connectivity index (χ1) is 14.5. The molecule has 30 heavy (non-hydrogen) atoms. The first-order valence-electron chi connectivity index (χ1n) is 10.1. The maximum atomic E-state index is 6.53. The number of halogens is 1. The predicted molar refractivity (Wildman–Crippen MR) is 127 cm³/mol. The van der Waals surface area contributed by atoms with Gasteiger partial charge in [0, 0.05) is 16.9 Å². The van der Waals surface area contributed by atoms with Crippen molar-refractivity contribution in [2.45, 2.75) is 52.3 Å². The molecule has 0 saturated heterocycles. The molecular weight excluding hydrogens is 442 g/mol. The second-order valence-corrected chi connectivity index (χ2v) is 8.05. The standard InChI is InChI=1S/C23H32BrN5O/c1-4-10-19(30-16-18-11-6-5-7-12-18)15-22(20-13-8-9-14-21(20)24)29(26)23(28-25)27-17(2)3/h5-14,17,22H,4,15-16,25-26H2,1-3H3,(H,27,28)/b19-10+. The number of ether oxygens (including phenoxy) is 1. The molecule has 0 aliphatic carbocycles. The van der Waals surface area contributed by atoms with E-state index in [0.717, 1.165) is 27.8 Å². The minimum atomic E-state index is -0.234. The number of nitrogens with one attached hydrogen (secondary N) is 1. The molecule has 0 aliphatic rings. The third kappa shape index (κ3) is 7.16. The van der Waals surface area contributed by atoms with Crippen LogP contribution < -0.4 is 17.1 Å². The number of hydrogen-bond acceptors (Lipinski definition) is 4. The minimum Gasteiger partial charge on any atom is -0.493 e. The van der Waals surface area contributed by atoms with Gasteiger partial charge in [-0.15, -0.1) is 0 Å². The molecule has 162 valence electrons. The molecule has 0 heterocycles. The summed E-state index contributed by atoms with van der Waals surface area (Å²) in [5.41, 5.74) is 4.78. The van der Waals surface area contributed by atoms with Crippen LogP contribution in [0.25, 0.3) is 0 Å². The van der Waals surface area contributed by atoms with E-state index in [1.165, 1.54) is 0 Å².